The van der Waals surface area contributed by atoms with Crippen molar-refractivity contribution < 1.29 is 13.9 Å². The lowest BCUT2D eigenvalue weighted by atomic mass is 10.2. The van der Waals surface area contributed by atoms with Crippen LogP contribution in [0.15, 0.2) is 39.4 Å². The number of amides is 1. The molecule has 0 saturated carbocycles. The Morgan fingerprint density at radius 3 is 2.85 bits per heavy atom. The van der Waals surface area contributed by atoms with Gasteiger partial charge in [0.15, 0.2) is 0 Å². The number of ether oxygens (including phenoxy) is 1. The zero-order valence-electron chi connectivity index (χ0n) is 15.2. The number of thiophene rings is 2. The Hall–Kier alpha value is -1.96. The van der Waals surface area contributed by atoms with Crippen LogP contribution in [0.4, 0.5) is 0 Å². The Bertz CT molecular complexity index is 865. The molecule has 1 fully saturated rings. The molecule has 0 spiro atoms. The number of aryl methyl sites for hydroxylation is 1. The van der Waals surface area contributed by atoms with Crippen LogP contribution in [-0.2, 0) is 22.5 Å². The smallest absolute Gasteiger partial charge is 0.236 e. The van der Waals surface area contributed by atoms with Crippen molar-refractivity contribution >= 4 is 28.6 Å². The van der Waals surface area contributed by atoms with Crippen LogP contribution in [0.3, 0.4) is 0 Å². The highest BCUT2D eigenvalue weighted by Gasteiger charge is 2.25. The summed E-state index contributed by atoms with van der Waals surface area (Å²) < 4.78 is 11.5. The van der Waals surface area contributed by atoms with Crippen molar-refractivity contribution in [2.75, 3.05) is 13.2 Å². The molecule has 0 N–H and O–H groups in total. The lowest BCUT2D eigenvalue weighted by Gasteiger charge is -2.25. The summed E-state index contributed by atoms with van der Waals surface area (Å²) in [6.45, 7) is 3.91. The molecule has 142 valence electrons. The number of carbonyl (C=O) groups is 1. The quantitative estimate of drug-likeness (QED) is 0.583. The molecule has 0 bridgehead atoms. The van der Waals surface area contributed by atoms with E-state index in [9.17, 15) is 4.79 Å². The first-order valence-electron chi connectivity index (χ1n) is 9.11. The normalized spacial score (nSPS) is 16.7. The number of aromatic nitrogens is 1. The van der Waals surface area contributed by atoms with E-state index in [0.29, 0.717) is 30.4 Å². The average Bonchev–Trinajstić information content (AvgIpc) is 3.44. The minimum Gasteiger partial charge on any atom is -0.440 e. The molecule has 3 aromatic rings. The van der Waals surface area contributed by atoms with E-state index in [1.54, 1.807) is 22.7 Å². The summed E-state index contributed by atoms with van der Waals surface area (Å²) in [6, 6.07) is 8.03. The van der Waals surface area contributed by atoms with Gasteiger partial charge in [-0.05, 0) is 42.7 Å². The van der Waals surface area contributed by atoms with Gasteiger partial charge >= 0.3 is 0 Å². The second-order valence-electron chi connectivity index (χ2n) is 6.66. The van der Waals surface area contributed by atoms with E-state index in [4.69, 9.17) is 9.15 Å². The largest absolute Gasteiger partial charge is 0.440 e. The summed E-state index contributed by atoms with van der Waals surface area (Å²) in [5.41, 5.74) is 0.715. The van der Waals surface area contributed by atoms with E-state index in [1.807, 2.05) is 40.8 Å². The van der Waals surface area contributed by atoms with Gasteiger partial charge in [0.25, 0.3) is 0 Å². The summed E-state index contributed by atoms with van der Waals surface area (Å²) >= 11 is 3.25. The minimum atomic E-state index is 0.0630. The molecule has 7 heteroatoms. The Kier molecular flexibility index (Phi) is 5.71. The lowest BCUT2D eigenvalue weighted by molar-refractivity contribution is -0.132. The SMILES string of the molecule is Cc1oc(-c2cccs2)nc1CC(=O)N(Cc1cccs1)CC1CCCO1. The zero-order valence-corrected chi connectivity index (χ0v) is 16.9. The fraction of sp³-hybridized carbons (Fsp3) is 0.400. The van der Waals surface area contributed by atoms with Gasteiger partial charge in [-0.2, -0.15) is 0 Å². The van der Waals surface area contributed by atoms with Crippen LogP contribution in [0.2, 0.25) is 0 Å². The van der Waals surface area contributed by atoms with Gasteiger partial charge in [0, 0.05) is 18.0 Å². The summed E-state index contributed by atoms with van der Waals surface area (Å²) in [5.74, 6) is 1.36. The van der Waals surface area contributed by atoms with Crippen molar-refractivity contribution in [1.29, 1.82) is 0 Å². The molecular weight excluding hydrogens is 380 g/mol. The van der Waals surface area contributed by atoms with E-state index in [-0.39, 0.29) is 18.4 Å². The number of hydrogen-bond acceptors (Lipinski definition) is 6. The highest BCUT2D eigenvalue weighted by molar-refractivity contribution is 7.13. The lowest BCUT2D eigenvalue weighted by Crippen LogP contribution is -2.37. The maximum Gasteiger partial charge on any atom is 0.236 e. The fourth-order valence-corrected chi connectivity index (χ4v) is 4.60. The van der Waals surface area contributed by atoms with Gasteiger partial charge in [0.05, 0.1) is 29.6 Å². The highest BCUT2D eigenvalue weighted by atomic mass is 32.1. The van der Waals surface area contributed by atoms with E-state index >= 15 is 0 Å². The van der Waals surface area contributed by atoms with Crippen molar-refractivity contribution in [3.8, 4) is 10.8 Å². The number of carbonyl (C=O) groups excluding carboxylic acids is 1. The van der Waals surface area contributed by atoms with Crippen molar-refractivity contribution in [2.45, 2.75) is 38.8 Å². The number of nitrogens with zero attached hydrogens (tertiary/aromatic N) is 2. The predicted molar refractivity (Wildman–Crippen MR) is 107 cm³/mol. The van der Waals surface area contributed by atoms with Crippen LogP contribution >= 0.6 is 22.7 Å². The second kappa shape index (κ2) is 8.37. The third-order valence-corrected chi connectivity index (χ3v) is 6.39. The van der Waals surface area contributed by atoms with Crippen molar-refractivity contribution in [3.05, 3.63) is 51.4 Å². The maximum absolute atomic E-state index is 13.1. The monoisotopic (exact) mass is 402 g/mol. The van der Waals surface area contributed by atoms with Crippen LogP contribution < -0.4 is 0 Å². The van der Waals surface area contributed by atoms with Gasteiger partial charge in [0.2, 0.25) is 11.8 Å². The summed E-state index contributed by atoms with van der Waals surface area (Å²) in [6.07, 6.45) is 2.46. The molecular formula is C20H22N2O3S2. The van der Waals surface area contributed by atoms with Crippen molar-refractivity contribution in [3.63, 3.8) is 0 Å². The summed E-state index contributed by atoms with van der Waals surface area (Å²) in [5, 5.41) is 4.03. The van der Waals surface area contributed by atoms with Crippen molar-refractivity contribution in [2.24, 2.45) is 0 Å². The molecule has 3 aromatic heterocycles. The van der Waals surface area contributed by atoms with Gasteiger partial charge in [-0.15, -0.1) is 22.7 Å². The van der Waals surface area contributed by atoms with E-state index in [1.165, 1.54) is 4.88 Å². The molecule has 0 aromatic carbocycles. The van der Waals surface area contributed by atoms with E-state index in [2.05, 4.69) is 11.1 Å². The molecule has 27 heavy (non-hydrogen) atoms. The Balaban J connectivity index is 1.48. The molecule has 1 unspecified atom stereocenters. The van der Waals surface area contributed by atoms with Crippen LogP contribution in [0.1, 0.15) is 29.2 Å². The molecule has 1 saturated heterocycles. The van der Waals surface area contributed by atoms with Gasteiger partial charge in [-0.1, -0.05) is 12.1 Å². The maximum atomic E-state index is 13.1. The number of hydrogen-bond donors (Lipinski definition) is 0. The number of rotatable bonds is 7. The molecule has 5 nitrogen and oxygen atoms in total. The number of oxazole rings is 1. The third-order valence-electron chi connectivity index (χ3n) is 4.67. The molecule has 0 aliphatic carbocycles. The minimum absolute atomic E-state index is 0.0630. The Morgan fingerprint density at radius 2 is 2.15 bits per heavy atom. The fourth-order valence-electron chi connectivity index (χ4n) is 3.23. The van der Waals surface area contributed by atoms with Gasteiger partial charge in [0.1, 0.15) is 5.76 Å². The van der Waals surface area contributed by atoms with Crippen LogP contribution in [0.5, 0.6) is 0 Å². The van der Waals surface area contributed by atoms with Gasteiger partial charge < -0.3 is 14.1 Å². The second-order valence-corrected chi connectivity index (χ2v) is 8.64. The molecule has 1 aliphatic rings. The predicted octanol–water partition coefficient (Wildman–Crippen LogP) is 4.52. The highest BCUT2D eigenvalue weighted by Crippen LogP contribution is 2.26. The van der Waals surface area contributed by atoms with Gasteiger partial charge in [-0.25, -0.2) is 4.98 Å². The first-order chi connectivity index (χ1) is 13.2. The third kappa shape index (κ3) is 4.48. The van der Waals surface area contributed by atoms with Crippen LogP contribution in [0, 0.1) is 6.92 Å². The molecule has 4 heterocycles. The summed E-state index contributed by atoms with van der Waals surface area (Å²) in [4.78, 5) is 21.7. The first kappa shape index (κ1) is 18.4. The standard InChI is InChI=1S/C20H22N2O3S2/c1-14-17(21-20(25-14)18-7-4-10-27-18)11-19(23)22(12-15-5-2-8-24-15)13-16-6-3-9-26-16/h3-4,6-7,9-10,15H,2,5,8,11-13H2,1H3. The van der Waals surface area contributed by atoms with Crippen LogP contribution in [-0.4, -0.2) is 35.0 Å². The topological polar surface area (TPSA) is 55.6 Å². The molecule has 4 rings (SSSR count). The summed E-state index contributed by atoms with van der Waals surface area (Å²) in [7, 11) is 0. The molecule has 1 atom stereocenters. The van der Waals surface area contributed by atoms with Gasteiger partial charge in [-0.3, -0.25) is 4.79 Å². The van der Waals surface area contributed by atoms with E-state index < -0.39 is 0 Å². The van der Waals surface area contributed by atoms with Crippen LogP contribution in [0.25, 0.3) is 10.8 Å². The molecule has 0 radical (unpaired) electrons. The molecule has 1 aliphatic heterocycles. The van der Waals surface area contributed by atoms with E-state index in [0.717, 1.165) is 24.3 Å². The molecule has 1 amide bonds. The zero-order chi connectivity index (χ0) is 18.6. The first-order valence-corrected chi connectivity index (χ1v) is 10.9. The Morgan fingerprint density at radius 1 is 1.30 bits per heavy atom. The average molecular weight is 403 g/mol. The Labute approximate surface area is 166 Å². The van der Waals surface area contributed by atoms with Crippen molar-refractivity contribution in [1.82, 2.24) is 9.88 Å².